The predicted octanol–water partition coefficient (Wildman–Crippen LogP) is 4.58. The lowest BCUT2D eigenvalue weighted by Crippen LogP contribution is -1.91. The first-order valence-electron chi connectivity index (χ1n) is 5.35. The van der Waals surface area contributed by atoms with Crippen LogP contribution < -0.4 is 9.47 Å². The summed E-state index contributed by atoms with van der Waals surface area (Å²) in [6, 6.07) is 7.89. The van der Waals surface area contributed by atoms with Crippen molar-refractivity contribution in [3.8, 4) is 17.2 Å². The Kier molecular flexibility index (Phi) is 4.31. The Labute approximate surface area is 117 Å². The normalized spacial score (nSPS) is 10.6. The van der Waals surface area contributed by atoms with E-state index >= 15 is 0 Å². The first kappa shape index (κ1) is 13.7. The quantitative estimate of drug-likeness (QED) is 0.822. The fourth-order valence-corrected chi connectivity index (χ4v) is 1.88. The van der Waals surface area contributed by atoms with Gasteiger partial charge >= 0.3 is 0 Å². The van der Waals surface area contributed by atoms with Crippen LogP contribution in [0.15, 0.2) is 41.0 Å². The molecule has 0 radical (unpaired) electrons. The fourth-order valence-electron chi connectivity index (χ4n) is 1.43. The van der Waals surface area contributed by atoms with Crippen LogP contribution in [0.4, 0.5) is 8.78 Å². The van der Waals surface area contributed by atoms with Gasteiger partial charge in [0.15, 0.2) is 0 Å². The summed E-state index contributed by atoms with van der Waals surface area (Å²) in [5.74, 6) is 1.53. The molecule has 0 aliphatic carbocycles. The molecule has 0 saturated carbocycles. The fraction of sp³-hybridized carbons (Fsp3) is 0.154. The number of nitrogens with zero attached hydrogens (tertiary/aromatic N) is 1. The van der Waals surface area contributed by atoms with Gasteiger partial charge in [-0.2, -0.15) is 0 Å². The lowest BCUT2D eigenvalue weighted by atomic mass is 10.3. The molecular weight excluding hydrogens is 320 g/mol. The highest BCUT2D eigenvalue weighted by molar-refractivity contribution is 9.10. The molecule has 0 N–H and O–H groups in total. The number of hydrogen-bond acceptors (Lipinski definition) is 3. The average Bonchev–Trinajstić information content (AvgIpc) is 2.38. The third-order valence-electron chi connectivity index (χ3n) is 2.30. The molecule has 19 heavy (non-hydrogen) atoms. The number of ether oxygens (including phenoxy) is 2. The highest BCUT2D eigenvalue weighted by atomic mass is 79.9. The van der Waals surface area contributed by atoms with E-state index in [9.17, 15) is 8.78 Å². The summed E-state index contributed by atoms with van der Waals surface area (Å²) in [7, 11) is 1.55. The zero-order valence-electron chi connectivity index (χ0n) is 9.94. The van der Waals surface area contributed by atoms with Gasteiger partial charge in [0, 0.05) is 10.5 Å². The van der Waals surface area contributed by atoms with Gasteiger partial charge in [-0.15, -0.1) is 0 Å². The van der Waals surface area contributed by atoms with Crippen molar-refractivity contribution in [3.63, 3.8) is 0 Å². The van der Waals surface area contributed by atoms with Gasteiger partial charge in [0.25, 0.3) is 6.43 Å². The van der Waals surface area contributed by atoms with Gasteiger partial charge in [0.05, 0.1) is 13.3 Å². The Morgan fingerprint density at radius 1 is 1.11 bits per heavy atom. The number of benzene rings is 1. The number of hydrogen-bond donors (Lipinski definition) is 0. The van der Waals surface area contributed by atoms with Gasteiger partial charge in [-0.05, 0) is 24.3 Å². The molecule has 2 aromatic rings. The van der Waals surface area contributed by atoms with Crippen LogP contribution in [0.1, 0.15) is 12.1 Å². The number of aromatic nitrogens is 1. The molecule has 1 aromatic carbocycles. The van der Waals surface area contributed by atoms with Gasteiger partial charge in [-0.25, -0.2) is 8.78 Å². The molecule has 3 nitrogen and oxygen atoms in total. The van der Waals surface area contributed by atoms with Crippen LogP contribution in [0.5, 0.6) is 17.2 Å². The van der Waals surface area contributed by atoms with E-state index in [1.165, 1.54) is 18.3 Å². The van der Waals surface area contributed by atoms with Crippen LogP contribution in [0.25, 0.3) is 0 Å². The molecule has 1 heterocycles. The summed E-state index contributed by atoms with van der Waals surface area (Å²) in [4.78, 5) is 3.62. The van der Waals surface area contributed by atoms with Crippen LogP contribution >= 0.6 is 15.9 Å². The molecule has 0 spiro atoms. The molecule has 0 unspecified atom stereocenters. The van der Waals surface area contributed by atoms with Crippen molar-refractivity contribution >= 4 is 15.9 Å². The van der Waals surface area contributed by atoms with E-state index in [1.54, 1.807) is 25.3 Å². The Balaban J connectivity index is 2.18. The molecule has 100 valence electrons. The van der Waals surface area contributed by atoms with Crippen molar-refractivity contribution in [1.82, 2.24) is 4.98 Å². The topological polar surface area (TPSA) is 31.4 Å². The van der Waals surface area contributed by atoms with E-state index in [-0.39, 0.29) is 5.69 Å². The highest BCUT2D eigenvalue weighted by Crippen LogP contribution is 2.30. The molecule has 6 heteroatoms. The summed E-state index contributed by atoms with van der Waals surface area (Å²) < 4.78 is 36.1. The zero-order valence-corrected chi connectivity index (χ0v) is 11.5. The van der Waals surface area contributed by atoms with Crippen LogP contribution in [-0.2, 0) is 0 Å². The Morgan fingerprint density at radius 3 is 2.42 bits per heavy atom. The first-order valence-corrected chi connectivity index (χ1v) is 6.14. The van der Waals surface area contributed by atoms with E-state index in [1.807, 2.05) is 0 Å². The molecule has 0 amide bonds. The highest BCUT2D eigenvalue weighted by Gasteiger charge is 2.09. The minimum Gasteiger partial charge on any atom is -0.497 e. The largest absolute Gasteiger partial charge is 0.497 e. The minimum atomic E-state index is -2.58. The van der Waals surface area contributed by atoms with Crippen LogP contribution in [-0.4, -0.2) is 12.1 Å². The Bertz CT molecular complexity index is 561. The van der Waals surface area contributed by atoms with Gasteiger partial charge in [-0.3, -0.25) is 4.98 Å². The molecular formula is C13H10BrF2NO2. The number of methoxy groups -OCH3 is 1. The van der Waals surface area contributed by atoms with E-state index in [2.05, 4.69) is 20.9 Å². The first-order chi connectivity index (χ1) is 9.08. The number of halogens is 3. The molecule has 0 bridgehead atoms. The zero-order chi connectivity index (χ0) is 13.8. The third kappa shape index (κ3) is 3.64. The molecule has 2 rings (SSSR count). The summed E-state index contributed by atoms with van der Waals surface area (Å²) in [5.41, 5.74) is -0.279. The van der Waals surface area contributed by atoms with Gasteiger partial charge in [-0.1, -0.05) is 15.9 Å². The van der Waals surface area contributed by atoms with Gasteiger partial charge in [0.2, 0.25) is 0 Å². The second-order valence-electron chi connectivity index (χ2n) is 3.65. The number of pyridine rings is 1. The Hall–Kier alpha value is -1.69. The molecule has 1 aromatic heterocycles. The summed E-state index contributed by atoms with van der Waals surface area (Å²) >= 11 is 3.32. The van der Waals surface area contributed by atoms with Gasteiger partial charge < -0.3 is 9.47 Å². The minimum absolute atomic E-state index is 0.279. The van der Waals surface area contributed by atoms with Crippen molar-refractivity contribution in [3.05, 3.63) is 46.7 Å². The van der Waals surface area contributed by atoms with E-state index in [0.717, 1.165) is 4.47 Å². The van der Waals surface area contributed by atoms with E-state index in [4.69, 9.17) is 9.47 Å². The average molecular weight is 330 g/mol. The molecule has 0 aliphatic rings. The van der Waals surface area contributed by atoms with Crippen LogP contribution in [0.3, 0.4) is 0 Å². The standard InChI is InChI=1S/C13H10BrF2NO2/c1-18-10-4-8(14)5-11(6-10)19-9-2-3-12(13(15)16)17-7-9/h2-7,13H,1H3. The molecule has 0 aliphatic heterocycles. The maximum Gasteiger partial charge on any atom is 0.280 e. The van der Waals surface area contributed by atoms with Crippen LogP contribution in [0, 0.1) is 0 Å². The summed E-state index contributed by atoms with van der Waals surface area (Å²) in [5, 5.41) is 0. The second-order valence-corrected chi connectivity index (χ2v) is 4.56. The third-order valence-corrected chi connectivity index (χ3v) is 2.76. The smallest absolute Gasteiger partial charge is 0.280 e. The maximum atomic E-state index is 12.4. The van der Waals surface area contributed by atoms with E-state index in [0.29, 0.717) is 17.2 Å². The lowest BCUT2D eigenvalue weighted by molar-refractivity contribution is 0.146. The predicted molar refractivity (Wildman–Crippen MR) is 70.0 cm³/mol. The van der Waals surface area contributed by atoms with Crippen molar-refractivity contribution in [2.75, 3.05) is 7.11 Å². The summed E-state index contributed by atoms with van der Waals surface area (Å²) in [6.07, 6.45) is -1.32. The SMILES string of the molecule is COc1cc(Br)cc(Oc2ccc(C(F)F)nc2)c1. The lowest BCUT2D eigenvalue weighted by Gasteiger charge is -2.08. The number of alkyl halides is 2. The molecule has 0 atom stereocenters. The monoisotopic (exact) mass is 329 g/mol. The second kappa shape index (κ2) is 5.97. The molecule has 0 fully saturated rings. The van der Waals surface area contributed by atoms with Crippen LogP contribution in [0.2, 0.25) is 0 Å². The Morgan fingerprint density at radius 2 is 1.84 bits per heavy atom. The van der Waals surface area contributed by atoms with E-state index < -0.39 is 6.43 Å². The summed E-state index contributed by atoms with van der Waals surface area (Å²) in [6.45, 7) is 0. The van der Waals surface area contributed by atoms with Crippen molar-refractivity contribution in [1.29, 1.82) is 0 Å². The molecule has 0 saturated heterocycles. The number of rotatable bonds is 4. The van der Waals surface area contributed by atoms with Crippen molar-refractivity contribution in [2.24, 2.45) is 0 Å². The van der Waals surface area contributed by atoms with Crippen molar-refractivity contribution < 1.29 is 18.3 Å². The van der Waals surface area contributed by atoms with Crippen molar-refractivity contribution in [2.45, 2.75) is 6.43 Å². The van der Waals surface area contributed by atoms with Gasteiger partial charge in [0.1, 0.15) is 22.9 Å². The maximum absolute atomic E-state index is 12.4.